The van der Waals surface area contributed by atoms with E-state index in [1.807, 2.05) is 0 Å². The first-order valence-electron chi connectivity index (χ1n) is 7.81. The molecule has 0 radical (unpaired) electrons. The smallest absolute Gasteiger partial charge is 0.273 e. The van der Waals surface area contributed by atoms with Gasteiger partial charge >= 0.3 is 0 Å². The van der Waals surface area contributed by atoms with Gasteiger partial charge in [0.05, 0.1) is 21.6 Å². The molecular formula is C15H16FN5O4S. The highest BCUT2D eigenvalue weighted by Gasteiger charge is 2.32. The average Bonchev–Trinajstić information content (AvgIpc) is 2.61. The van der Waals surface area contributed by atoms with Crippen molar-refractivity contribution in [1.82, 2.24) is 14.3 Å². The Bertz CT molecular complexity index is 953. The predicted octanol–water partition coefficient (Wildman–Crippen LogP) is 1.67. The summed E-state index contributed by atoms with van der Waals surface area (Å²) in [5.74, 6) is -1.06. The zero-order chi connectivity index (χ0) is 18.9. The van der Waals surface area contributed by atoms with Crippen LogP contribution in [0.4, 0.5) is 16.0 Å². The van der Waals surface area contributed by atoms with Crippen LogP contribution in [0.5, 0.6) is 0 Å². The van der Waals surface area contributed by atoms with Crippen LogP contribution in [0.1, 0.15) is 24.5 Å². The van der Waals surface area contributed by atoms with E-state index < -0.39 is 31.3 Å². The van der Waals surface area contributed by atoms with Gasteiger partial charge in [-0.25, -0.2) is 22.8 Å². The topological polar surface area (TPSA) is 132 Å². The number of nitro benzene ring substituents is 1. The van der Waals surface area contributed by atoms with Crippen molar-refractivity contribution in [2.24, 2.45) is 0 Å². The average molecular weight is 381 g/mol. The van der Waals surface area contributed by atoms with Gasteiger partial charge in [0.25, 0.3) is 5.69 Å². The summed E-state index contributed by atoms with van der Waals surface area (Å²) in [6.45, 7) is 0.368. The second kappa shape index (κ2) is 6.92. The maximum atomic E-state index is 13.7. The van der Waals surface area contributed by atoms with Crippen LogP contribution in [0.15, 0.2) is 35.4 Å². The number of non-ortho nitro benzene ring substituents is 1. The molecular weight excluding hydrogens is 365 g/mol. The highest BCUT2D eigenvalue weighted by Crippen LogP contribution is 2.30. The van der Waals surface area contributed by atoms with E-state index in [2.05, 4.69) is 9.97 Å². The molecule has 0 spiro atoms. The number of hydrogen-bond acceptors (Lipinski definition) is 7. The molecule has 0 saturated carbocycles. The first-order valence-corrected chi connectivity index (χ1v) is 9.25. The first-order chi connectivity index (χ1) is 12.3. The number of hydrogen-bond donors (Lipinski definition) is 1. The van der Waals surface area contributed by atoms with E-state index in [9.17, 15) is 22.9 Å². The summed E-state index contributed by atoms with van der Waals surface area (Å²) in [6.07, 6.45) is 2.79. The lowest BCUT2D eigenvalue weighted by atomic mass is 9.96. The van der Waals surface area contributed by atoms with Crippen molar-refractivity contribution < 1.29 is 17.7 Å². The van der Waals surface area contributed by atoms with Gasteiger partial charge in [-0.05, 0) is 25.0 Å². The lowest BCUT2D eigenvalue weighted by molar-refractivity contribution is -0.385. The third kappa shape index (κ3) is 3.63. The molecule has 138 valence electrons. The van der Waals surface area contributed by atoms with Crippen molar-refractivity contribution in [2.75, 3.05) is 18.8 Å². The van der Waals surface area contributed by atoms with Crippen LogP contribution in [-0.2, 0) is 10.0 Å². The van der Waals surface area contributed by atoms with Gasteiger partial charge in [-0.3, -0.25) is 10.1 Å². The number of piperidine rings is 1. The Morgan fingerprint density at radius 2 is 2.12 bits per heavy atom. The Hall–Kier alpha value is -2.66. The Labute approximate surface area is 148 Å². The summed E-state index contributed by atoms with van der Waals surface area (Å²) in [4.78, 5) is 17.6. The quantitative estimate of drug-likeness (QED) is 0.629. The van der Waals surface area contributed by atoms with E-state index in [-0.39, 0.29) is 25.0 Å². The van der Waals surface area contributed by atoms with Crippen LogP contribution in [0.25, 0.3) is 0 Å². The number of sulfonamides is 1. The van der Waals surface area contributed by atoms with Gasteiger partial charge < -0.3 is 5.73 Å². The SMILES string of the molecule is Nc1nccc(C2CCCN(S(=O)(=O)c3cc(F)cc([N+](=O)[O-])c3)C2)n1. The third-order valence-corrected chi connectivity index (χ3v) is 6.05. The summed E-state index contributed by atoms with van der Waals surface area (Å²) >= 11 is 0. The molecule has 1 aromatic carbocycles. The fourth-order valence-electron chi connectivity index (χ4n) is 2.97. The maximum Gasteiger partial charge on any atom is 0.273 e. The fourth-order valence-corrected chi connectivity index (χ4v) is 4.54. The van der Waals surface area contributed by atoms with Gasteiger partial charge in [0.2, 0.25) is 16.0 Å². The monoisotopic (exact) mass is 381 g/mol. The summed E-state index contributed by atoms with van der Waals surface area (Å²) in [5.41, 5.74) is 5.60. The number of aromatic nitrogens is 2. The minimum Gasteiger partial charge on any atom is -0.368 e. The number of anilines is 1. The molecule has 1 aliphatic rings. The molecule has 26 heavy (non-hydrogen) atoms. The molecule has 2 aromatic rings. The second-order valence-corrected chi connectivity index (χ2v) is 7.88. The van der Waals surface area contributed by atoms with Crippen LogP contribution < -0.4 is 5.73 Å². The summed E-state index contributed by atoms with van der Waals surface area (Å²) < 4.78 is 40.5. The van der Waals surface area contributed by atoms with Crippen LogP contribution in [0.3, 0.4) is 0 Å². The normalized spacial score (nSPS) is 18.6. The van der Waals surface area contributed by atoms with Crippen LogP contribution in [0.2, 0.25) is 0 Å². The highest BCUT2D eigenvalue weighted by molar-refractivity contribution is 7.89. The number of halogens is 1. The highest BCUT2D eigenvalue weighted by atomic mass is 32.2. The van der Waals surface area contributed by atoms with Crippen molar-refractivity contribution in [3.05, 3.63) is 52.1 Å². The molecule has 3 rings (SSSR count). The van der Waals surface area contributed by atoms with Crippen molar-refractivity contribution in [1.29, 1.82) is 0 Å². The van der Waals surface area contributed by atoms with Gasteiger partial charge in [-0.2, -0.15) is 4.31 Å². The number of nitro groups is 1. The summed E-state index contributed by atoms with van der Waals surface area (Å²) in [6, 6.07) is 4.01. The molecule has 1 unspecified atom stereocenters. The van der Waals surface area contributed by atoms with Gasteiger partial charge in [-0.15, -0.1) is 0 Å². The Balaban J connectivity index is 1.91. The predicted molar refractivity (Wildman–Crippen MR) is 90.2 cm³/mol. The van der Waals surface area contributed by atoms with Gasteiger partial charge in [-0.1, -0.05) is 0 Å². The Morgan fingerprint density at radius 1 is 1.35 bits per heavy atom. The number of rotatable bonds is 4. The molecule has 1 aliphatic heterocycles. The van der Waals surface area contributed by atoms with E-state index in [4.69, 9.17) is 5.73 Å². The van der Waals surface area contributed by atoms with Gasteiger partial charge in [0, 0.05) is 31.3 Å². The zero-order valence-corrected chi connectivity index (χ0v) is 14.4. The van der Waals surface area contributed by atoms with E-state index in [0.717, 1.165) is 12.1 Å². The molecule has 1 atom stereocenters. The summed E-state index contributed by atoms with van der Waals surface area (Å²) in [7, 11) is -4.08. The Morgan fingerprint density at radius 3 is 2.81 bits per heavy atom. The molecule has 9 nitrogen and oxygen atoms in total. The molecule has 11 heteroatoms. The van der Waals surface area contributed by atoms with Crippen LogP contribution >= 0.6 is 0 Å². The number of nitrogen functional groups attached to an aromatic ring is 1. The van der Waals surface area contributed by atoms with Crippen molar-refractivity contribution in [3.63, 3.8) is 0 Å². The van der Waals surface area contributed by atoms with Crippen molar-refractivity contribution in [2.45, 2.75) is 23.7 Å². The van der Waals surface area contributed by atoms with E-state index in [0.29, 0.717) is 24.6 Å². The van der Waals surface area contributed by atoms with E-state index >= 15 is 0 Å². The molecule has 1 fully saturated rings. The maximum absolute atomic E-state index is 13.7. The van der Waals surface area contributed by atoms with Crippen LogP contribution in [0, 0.1) is 15.9 Å². The fraction of sp³-hybridized carbons (Fsp3) is 0.333. The molecule has 0 amide bonds. The van der Waals surface area contributed by atoms with E-state index in [1.54, 1.807) is 6.07 Å². The molecule has 0 aliphatic carbocycles. The van der Waals surface area contributed by atoms with Gasteiger partial charge in [0.15, 0.2) is 0 Å². The largest absolute Gasteiger partial charge is 0.368 e. The second-order valence-electron chi connectivity index (χ2n) is 5.94. The molecule has 2 heterocycles. The minimum atomic E-state index is -4.08. The van der Waals surface area contributed by atoms with Crippen molar-refractivity contribution in [3.8, 4) is 0 Å². The standard InChI is InChI=1S/C15H16FN5O4S/c16-11-6-12(21(22)23)8-13(7-11)26(24,25)20-5-1-2-10(9-20)14-3-4-18-15(17)19-14/h3-4,6-8,10H,1-2,5,9H2,(H2,17,18,19). The number of benzene rings is 1. The van der Waals surface area contributed by atoms with Gasteiger partial charge in [0.1, 0.15) is 5.82 Å². The van der Waals surface area contributed by atoms with Crippen LogP contribution in [-0.4, -0.2) is 40.7 Å². The number of nitrogens with two attached hydrogens (primary N) is 1. The summed E-state index contributed by atoms with van der Waals surface area (Å²) in [5, 5.41) is 10.9. The first kappa shape index (κ1) is 18.1. The lowest BCUT2D eigenvalue weighted by Gasteiger charge is -2.31. The lowest BCUT2D eigenvalue weighted by Crippen LogP contribution is -2.39. The zero-order valence-electron chi connectivity index (χ0n) is 13.6. The molecule has 1 aromatic heterocycles. The third-order valence-electron chi connectivity index (χ3n) is 4.20. The Kier molecular flexibility index (Phi) is 4.83. The molecule has 2 N–H and O–H groups in total. The minimum absolute atomic E-state index is 0.100. The molecule has 0 bridgehead atoms. The van der Waals surface area contributed by atoms with E-state index in [1.165, 1.54) is 10.5 Å². The van der Waals surface area contributed by atoms with Crippen molar-refractivity contribution >= 4 is 21.7 Å². The molecule has 1 saturated heterocycles. The number of nitrogens with zero attached hydrogens (tertiary/aromatic N) is 4.